The number of rotatable bonds is 6. The molecule has 2 N–H and O–H groups in total. The van der Waals surface area contributed by atoms with E-state index in [4.69, 9.17) is 5.73 Å². The van der Waals surface area contributed by atoms with Gasteiger partial charge in [0.05, 0.1) is 11.6 Å². The number of carbonyl (C=O) groups excluding carboxylic acids is 3. The molecule has 2 aliphatic carbocycles. The number of hydrogen-bond donors (Lipinski definition) is 1. The molecule has 1 saturated heterocycles. The molecule has 3 fully saturated rings. The van der Waals surface area contributed by atoms with E-state index in [1.54, 1.807) is 4.90 Å². The summed E-state index contributed by atoms with van der Waals surface area (Å²) in [5, 5.41) is 4.61. The minimum Gasteiger partial charge on any atom is -0.364 e. The van der Waals surface area contributed by atoms with Crippen LogP contribution >= 0.6 is 0 Å². The quantitative estimate of drug-likeness (QED) is 0.723. The smallest absolute Gasteiger partial charge is 0.269 e. The van der Waals surface area contributed by atoms with Gasteiger partial charge in [-0.25, -0.2) is 4.39 Å². The molecule has 1 aromatic heterocycles. The molecular weight excluding hydrogens is 423 g/mol. The number of amides is 2. The third kappa shape index (κ3) is 4.15. The molecule has 2 amide bonds. The van der Waals surface area contributed by atoms with Gasteiger partial charge < -0.3 is 10.6 Å². The number of aromatic nitrogens is 2. The molecule has 2 heterocycles. The van der Waals surface area contributed by atoms with E-state index in [2.05, 4.69) is 18.9 Å². The summed E-state index contributed by atoms with van der Waals surface area (Å²) in [4.78, 5) is 40.2. The third-order valence-electron chi connectivity index (χ3n) is 7.79. The van der Waals surface area contributed by atoms with E-state index in [1.807, 2.05) is 0 Å². The van der Waals surface area contributed by atoms with Crippen LogP contribution in [-0.4, -0.2) is 44.4 Å². The summed E-state index contributed by atoms with van der Waals surface area (Å²) in [6.07, 6.45) is 6.64. The molecule has 0 spiro atoms. The first-order valence-corrected chi connectivity index (χ1v) is 11.9. The van der Waals surface area contributed by atoms with Gasteiger partial charge in [-0.1, -0.05) is 20.3 Å². The van der Waals surface area contributed by atoms with Crippen molar-refractivity contribution in [3.8, 4) is 0 Å². The fraction of sp³-hybridized carbons (Fsp3) is 0.600. The number of likely N-dealkylation sites (tertiary alicyclic amines) is 1. The molecule has 7 nitrogen and oxygen atoms in total. The van der Waals surface area contributed by atoms with Gasteiger partial charge in [0.2, 0.25) is 5.91 Å². The predicted octanol–water partition coefficient (Wildman–Crippen LogP) is 3.44. The number of primary amides is 1. The van der Waals surface area contributed by atoms with Crippen molar-refractivity contribution in [3.05, 3.63) is 29.7 Å². The Balaban J connectivity index is 1.34. The third-order valence-corrected chi connectivity index (χ3v) is 7.79. The molecule has 5 rings (SSSR count). The molecular formula is C25H31FN4O3. The molecule has 3 aliphatic rings. The normalized spacial score (nSPS) is 28.0. The summed E-state index contributed by atoms with van der Waals surface area (Å²) < 4.78 is 15.2. The van der Waals surface area contributed by atoms with Crippen molar-refractivity contribution in [2.24, 2.45) is 23.0 Å². The van der Waals surface area contributed by atoms with Crippen LogP contribution in [0.3, 0.4) is 0 Å². The van der Waals surface area contributed by atoms with Crippen LogP contribution in [0.4, 0.5) is 4.39 Å². The molecule has 2 aromatic rings. The Morgan fingerprint density at radius 2 is 2.03 bits per heavy atom. The zero-order valence-electron chi connectivity index (χ0n) is 19.2. The van der Waals surface area contributed by atoms with Crippen LogP contribution < -0.4 is 5.73 Å². The van der Waals surface area contributed by atoms with Crippen LogP contribution in [0.1, 0.15) is 69.3 Å². The van der Waals surface area contributed by atoms with E-state index in [0.717, 1.165) is 32.1 Å². The second kappa shape index (κ2) is 7.92. The molecule has 2 saturated carbocycles. The van der Waals surface area contributed by atoms with E-state index in [0.29, 0.717) is 29.2 Å². The van der Waals surface area contributed by atoms with Gasteiger partial charge in [0.15, 0.2) is 11.5 Å². The molecule has 0 unspecified atom stereocenters. The Hall–Kier alpha value is -2.77. The van der Waals surface area contributed by atoms with Crippen molar-refractivity contribution in [3.63, 3.8) is 0 Å². The van der Waals surface area contributed by atoms with Crippen molar-refractivity contribution >= 4 is 28.5 Å². The summed E-state index contributed by atoms with van der Waals surface area (Å²) in [5.41, 5.74) is 6.06. The molecule has 1 aliphatic heterocycles. The standard InChI is InChI=1S/C25H31FN4O3/c1-25(2)7-3-4-14(12-25)8-21(31)20-10-15-9-18(15)30(20)22(32)13-29-19-11-16(26)5-6-17(19)23(28-29)24(27)33/h5-6,11,14-15,18,20H,3-4,7-10,12-13H2,1-2H3,(H2,27,33)/t14-,15+,18+,20-/m0/s1. The fourth-order valence-electron chi connectivity index (χ4n) is 6.21. The van der Waals surface area contributed by atoms with E-state index in [-0.39, 0.29) is 41.4 Å². The Labute approximate surface area is 192 Å². The second-order valence-electron chi connectivity index (χ2n) is 10.9. The highest BCUT2D eigenvalue weighted by molar-refractivity contribution is 6.04. The van der Waals surface area contributed by atoms with Crippen LogP contribution in [0.15, 0.2) is 18.2 Å². The number of ketones is 1. The molecule has 176 valence electrons. The maximum Gasteiger partial charge on any atom is 0.269 e. The average Bonchev–Trinajstić information content (AvgIpc) is 3.24. The first-order valence-electron chi connectivity index (χ1n) is 11.9. The molecule has 8 heteroatoms. The van der Waals surface area contributed by atoms with E-state index < -0.39 is 11.7 Å². The number of carbonyl (C=O) groups is 3. The lowest BCUT2D eigenvalue weighted by Crippen LogP contribution is -2.45. The van der Waals surface area contributed by atoms with E-state index >= 15 is 0 Å². The Morgan fingerprint density at radius 1 is 1.24 bits per heavy atom. The lowest BCUT2D eigenvalue weighted by molar-refractivity contribution is -0.140. The fourth-order valence-corrected chi connectivity index (χ4v) is 6.21. The van der Waals surface area contributed by atoms with Crippen molar-refractivity contribution in [1.82, 2.24) is 14.7 Å². The highest BCUT2D eigenvalue weighted by atomic mass is 19.1. The van der Waals surface area contributed by atoms with Gasteiger partial charge in [-0.05, 0) is 67.6 Å². The van der Waals surface area contributed by atoms with Crippen LogP contribution in [0.2, 0.25) is 0 Å². The van der Waals surface area contributed by atoms with Crippen LogP contribution in [0.25, 0.3) is 10.9 Å². The molecule has 33 heavy (non-hydrogen) atoms. The molecule has 4 atom stereocenters. The summed E-state index contributed by atoms with van der Waals surface area (Å²) >= 11 is 0. The van der Waals surface area contributed by atoms with Crippen molar-refractivity contribution in [1.29, 1.82) is 0 Å². The molecule has 0 radical (unpaired) electrons. The molecule has 1 aromatic carbocycles. The summed E-state index contributed by atoms with van der Waals surface area (Å²) in [6, 6.07) is 3.64. The monoisotopic (exact) mass is 454 g/mol. The Bertz CT molecular complexity index is 1140. The number of piperidine rings is 1. The number of fused-ring (bicyclic) bond motifs is 2. The lowest BCUT2D eigenvalue weighted by atomic mass is 9.70. The van der Waals surface area contributed by atoms with Crippen LogP contribution in [0, 0.1) is 23.1 Å². The highest BCUT2D eigenvalue weighted by Gasteiger charge is 2.55. The van der Waals surface area contributed by atoms with Crippen LogP contribution in [0.5, 0.6) is 0 Å². The topological polar surface area (TPSA) is 98.3 Å². The van der Waals surface area contributed by atoms with Crippen molar-refractivity contribution < 1.29 is 18.8 Å². The number of nitrogens with zero attached hydrogens (tertiary/aromatic N) is 3. The lowest BCUT2D eigenvalue weighted by Gasteiger charge is -2.36. The van der Waals surface area contributed by atoms with Gasteiger partial charge in [-0.3, -0.25) is 19.1 Å². The number of Topliss-reactive ketones (excluding diaryl/α,β-unsaturated/α-hetero) is 1. The summed E-state index contributed by atoms with van der Waals surface area (Å²) in [5.74, 6) is -0.506. The van der Waals surface area contributed by atoms with Crippen LogP contribution in [-0.2, 0) is 16.1 Å². The van der Waals surface area contributed by atoms with Gasteiger partial charge in [0, 0.05) is 17.8 Å². The van der Waals surface area contributed by atoms with Crippen molar-refractivity contribution in [2.45, 2.75) is 77.4 Å². The van der Waals surface area contributed by atoms with Gasteiger partial charge >= 0.3 is 0 Å². The number of nitrogens with two attached hydrogens (primary N) is 1. The maximum absolute atomic E-state index is 13.9. The maximum atomic E-state index is 13.9. The van der Waals surface area contributed by atoms with Crippen molar-refractivity contribution in [2.75, 3.05) is 0 Å². The second-order valence-corrected chi connectivity index (χ2v) is 10.9. The zero-order chi connectivity index (χ0) is 23.5. The SMILES string of the molecule is CC1(C)CCC[C@@H](CC(=O)[C@@H]2C[C@H]3C[C@H]3N2C(=O)Cn2nc(C(N)=O)c3ccc(F)cc32)C1. The number of benzene rings is 1. The largest absolute Gasteiger partial charge is 0.364 e. The van der Waals surface area contributed by atoms with E-state index in [9.17, 15) is 18.8 Å². The van der Waals surface area contributed by atoms with E-state index in [1.165, 1.54) is 29.3 Å². The minimum absolute atomic E-state index is 0.0102. The first-order chi connectivity index (χ1) is 15.6. The number of hydrogen-bond acceptors (Lipinski definition) is 4. The summed E-state index contributed by atoms with van der Waals surface area (Å²) in [6.45, 7) is 4.38. The first kappa shape index (κ1) is 22.0. The Kier molecular flexibility index (Phi) is 5.29. The molecule has 0 bridgehead atoms. The Morgan fingerprint density at radius 3 is 2.76 bits per heavy atom. The number of halogens is 1. The van der Waals surface area contributed by atoms with Gasteiger partial charge in [0.25, 0.3) is 5.91 Å². The van der Waals surface area contributed by atoms with Gasteiger partial charge in [-0.15, -0.1) is 0 Å². The predicted molar refractivity (Wildman–Crippen MR) is 121 cm³/mol. The van der Waals surface area contributed by atoms with Gasteiger partial charge in [0.1, 0.15) is 12.4 Å². The summed E-state index contributed by atoms with van der Waals surface area (Å²) in [7, 11) is 0. The average molecular weight is 455 g/mol. The minimum atomic E-state index is -0.732. The van der Waals surface area contributed by atoms with Gasteiger partial charge in [-0.2, -0.15) is 5.10 Å². The zero-order valence-corrected chi connectivity index (χ0v) is 19.2. The highest BCUT2D eigenvalue weighted by Crippen LogP contribution is 2.49.